The molecule has 0 unspecified atom stereocenters. The lowest BCUT2D eigenvalue weighted by molar-refractivity contribution is -0.120. The predicted octanol–water partition coefficient (Wildman–Crippen LogP) is 2.32. The minimum atomic E-state index is -0.587. The van der Waals surface area contributed by atoms with E-state index in [4.69, 9.17) is 10.5 Å². The van der Waals surface area contributed by atoms with Gasteiger partial charge in [-0.25, -0.2) is 4.39 Å². The zero-order valence-electron chi connectivity index (χ0n) is 14.0. The normalized spacial score (nSPS) is 12.0. The fourth-order valence-electron chi connectivity index (χ4n) is 2.07. The van der Waals surface area contributed by atoms with Gasteiger partial charge in [-0.2, -0.15) is 0 Å². The van der Waals surface area contributed by atoms with Gasteiger partial charge in [0, 0.05) is 6.54 Å². The number of carbonyl (C=O) groups excluding carboxylic acids is 2. The summed E-state index contributed by atoms with van der Waals surface area (Å²) in [4.78, 5) is 25.4. The molecule has 3 N–H and O–H groups in total. The highest BCUT2D eigenvalue weighted by atomic mass is 32.1. The van der Waals surface area contributed by atoms with E-state index in [0.717, 1.165) is 0 Å². The second-order valence-corrected chi connectivity index (χ2v) is 6.37. The Morgan fingerprint density at radius 2 is 2.08 bits per heavy atom. The molecule has 0 aliphatic carbocycles. The summed E-state index contributed by atoms with van der Waals surface area (Å²) in [6, 6.07) is 7.26. The summed E-state index contributed by atoms with van der Waals surface area (Å²) < 4.78 is 18.9. The lowest BCUT2D eigenvalue weighted by Crippen LogP contribution is -2.41. The van der Waals surface area contributed by atoms with E-state index in [1.54, 1.807) is 48.5 Å². The number of amides is 2. The molecule has 8 heteroatoms. The first kappa shape index (κ1) is 18.9. The summed E-state index contributed by atoms with van der Waals surface area (Å²) in [6.45, 7) is 2.40. The van der Waals surface area contributed by atoms with E-state index in [-0.39, 0.29) is 23.8 Å². The molecule has 2 amide bonds. The van der Waals surface area contributed by atoms with E-state index in [1.807, 2.05) is 0 Å². The van der Waals surface area contributed by atoms with Gasteiger partial charge in [0.25, 0.3) is 5.91 Å². The first-order valence-electron chi connectivity index (χ1n) is 7.66. The van der Waals surface area contributed by atoms with E-state index < -0.39 is 17.8 Å². The van der Waals surface area contributed by atoms with Crippen LogP contribution in [0, 0.1) is 5.82 Å². The van der Waals surface area contributed by atoms with E-state index in [9.17, 15) is 14.0 Å². The first-order valence-corrected chi connectivity index (χ1v) is 8.54. The third-order valence-corrected chi connectivity index (χ3v) is 4.58. The van der Waals surface area contributed by atoms with Crippen molar-refractivity contribution in [3.05, 3.63) is 47.1 Å². The quantitative estimate of drug-likeness (QED) is 0.752. The SMILES string of the molecule is C[C@H](C(=O)Nc1sccc1C(N)=O)N(C)CCOc1ccccc1F. The molecule has 2 aromatic rings. The molecule has 1 aromatic carbocycles. The highest BCUT2D eigenvalue weighted by molar-refractivity contribution is 7.14. The molecule has 1 aromatic heterocycles. The Bertz CT molecular complexity index is 750. The molecule has 0 aliphatic rings. The maximum Gasteiger partial charge on any atom is 0.251 e. The number of ether oxygens (including phenoxy) is 1. The van der Waals surface area contributed by atoms with Crippen LogP contribution in [0.5, 0.6) is 5.75 Å². The molecule has 0 aliphatic heterocycles. The van der Waals surface area contributed by atoms with Gasteiger partial charge in [-0.3, -0.25) is 14.5 Å². The summed E-state index contributed by atoms with van der Waals surface area (Å²) in [5.41, 5.74) is 5.55. The van der Waals surface area contributed by atoms with E-state index in [2.05, 4.69) is 5.32 Å². The number of benzene rings is 1. The van der Waals surface area contributed by atoms with E-state index in [0.29, 0.717) is 11.5 Å². The van der Waals surface area contributed by atoms with Crippen molar-refractivity contribution in [2.24, 2.45) is 5.73 Å². The van der Waals surface area contributed by atoms with Crippen molar-refractivity contribution in [2.75, 3.05) is 25.5 Å². The summed E-state index contributed by atoms with van der Waals surface area (Å²) in [6.07, 6.45) is 0. The fourth-order valence-corrected chi connectivity index (χ4v) is 2.87. The van der Waals surface area contributed by atoms with Crippen molar-refractivity contribution in [1.29, 1.82) is 0 Å². The molecule has 0 saturated carbocycles. The van der Waals surface area contributed by atoms with Crippen LogP contribution in [0.4, 0.5) is 9.39 Å². The van der Waals surface area contributed by atoms with Gasteiger partial charge in [0.05, 0.1) is 11.6 Å². The van der Waals surface area contributed by atoms with E-state index in [1.165, 1.54) is 17.4 Å². The van der Waals surface area contributed by atoms with Crippen LogP contribution < -0.4 is 15.8 Å². The average molecular weight is 365 g/mol. The molecule has 1 atom stereocenters. The number of primary amides is 1. The van der Waals surface area contributed by atoms with Crippen LogP contribution in [0.3, 0.4) is 0 Å². The Balaban J connectivity index is 1.85. The molecule has 2 rings (SSSR count). The zero-order valence-corrected chi connectivity index (χ0v) is 14.8. The van der Waals surface area contributed by atoms with Crippen LogP contribution in [0.1, 0.15) is 17.3 Å². The van der Waals surface area contributed by atoms with Crippen molar-refractivity contribution in [1.82, 2.24) is 4.90 Å². The molecule has 0 saturated heterocycles. The molecule has 134 valence electrons. The van der Waals surface area contributed by atoms with Crippen molar-refractivity contribution >= 4 is 28.2 Å². The Morgan fingerprint density at radius 1 is 1.36 bits per heavy atom. The van der Waals surface area contributed by atoms with Crippen LogP contribution in [-0.4, -0.2) is 43.0 Å². The maximum absolute atomic E-state index is 13.5. The number of carbonyl (C=O) groups is 2. The number of hydrogen-bond acceptors (Lipinski definition) is 5. The molecule has 6 nitrogen and oxygen atoms in total. The average Bonchev–Trinajstić information content (AvgIpc) is 3.04. The summed E-state index contributed by atoms with van der Waals surface area (Å²) in [7, 11) is 1.76. The first-order chi connectivity index (χ1) is 11.9. The lowest BCUT2D eigenvalue weighted by Gasteiger charge is -2.23. The Hall–Kier alpha value is -2.45. The lowest BCUT2D eigenvalue weighted by atomic mass is 10.2. The molecule has 0 spiro atoms. The number of thiophene rings is 1. The standard InChI is InChI=1S/C17H20FN3O3S/c1-11(16(23)20-17-12(15(19)22)7-10-25-17)21(2)8-9-24-14-6-4-3-5-13(14)18/h3-7,10-11H,8-9H2,1-2H3,(H2,19,22)(H,20,23)/t11-/m1/s1. The van der Waals surface area contributed by atoms with Crippen LogP contribution in [0.25, 0.3) is 0 Å². The number of nitrogens with two attached hydrogens (primary N) is 1. The Kier molecular flexibility index (Phi) is 6.49. The highest BCUT2D eigenvalue weighted by Crippen LogP contribution is 2.23. The summed E-state index contributed by atoms with van der Waals surface area (Å²) in [5.74, 6) is -1.10. The van der Waals surface area contributed by atoms with Gasteiger partial charge < -0.3 is 15.8 Å². The predicted molar refractivity (Wildman–Crippen MR) is 95.5 cm³/mol. The molecule has 0 bridgehead atoms. The van der Waals surface area contributed by atoms with Crippen molar-refractivity contribution in [2.45, 2.75) is 13.0 Å². The number of halogens is 1. The number of likely N-dealkylation sites (N-methyl/N-ethyl adjacent to an activating group) is 1. The minimum Gasteiger partial charge on any atom is -0.489 e. The van der Waals surface area contributed by atoms with Gasteiger partial charge >= 0.3 is 0 Å². The highest BCUT2D eigenvalue weighted by Gasteiger charge is 2.20. The van der Waals surface area contributed by atoms with Crippen LogP contribution in [0.2, 0.25) is 0 Å². The second-order valence-electron chi connectivity index (χ2n) is 5.45. The van der Waals surface area contributed by atoms with Crippen LogP contribution in [0.15, 0.2) is 35.7 Å². The fraction of sp³-hybridized carbons (Fsp3) is 0.294. The van der Waals surface area contributed by atoms with Crippen molar-refractivity contribution in [3.8, 4) is 5.75 Å². The van der Waals surface area contributed by atoms with Crippen LogP contribution in [-0.2, 0) is 4.79 Å². The molecule has 0 fully saturated rings. The summed E-state index contributed by atoms with van der Waals surface area (Å²) in [5, 5.41) is 4.82. The van der Waals surface area contributed by atoms with Crippen molar-refractivity contribution in [3.63, 3.8) is 0 Å². The largest absolute Gasteiger partial charge is 0.489 e. The Morgan fingerprint density at radius 3 is 2.76 bits per heavy atom. The Labute approximate surface area is 149 Å². The van der Waals surface area contributed by atoms with E-state index >= 15 is 0 Å². The number of anilines is 1. The van der Waals surface area contributed by atoms with Crippen LogP contribution >= 0.6 is 11.3 Å². The van der Waals surface area contributed by atoms with Crippen molar-refractivity contribution < 1.29 is 18.7 Å². The van der Waals surface area contributed by atoms with Gasteiger partial charge in [-0.15, -0.1) is 11.3 Å². The number of nitrogens with one attached hydrogen (secondary N) is 1. The number of rotatable bonds is 8. The number of nitrogens with zero attached hydrogens (tertiary/aromatic N) is 1. The zero-order chi connectivity index (χ0) is 18.4. The van der Waals surface area contributed by atoms with Gasteiger partial charge in [-0.05, 0) is 37.6 Å². The minimum absolute atomic E-state index is 0.178. The van der Waals surface area contributed by atoms with Gasteiger partial charge in [0.2, 0.25) is 5.91 Å². The van der Waals surface area contributed by atoms with Gasteiger partial charge in [0.1, 0.15) is 11.6 Å². The van der Waals surface area contributed by atoms with Gasteiger partial charge in [0.15, 0.2) is 11.6 Å². The second kappa shape index (κ2) is 8.59. The third-order valence-electron chi connectivity index (χ3n) is 3.75. The van der Waals surface area contributed by atoms with Gasteiger partial charge in [-0.1, -0.05) is 12.1 Å². The monoisotopic (exact) mass is 365 g/mol. The topological polar surface area (TPSA) is 84.7 Å². The maximum atomic E-state index is 13.5. The third kappa shape index (κ3) is 5.01. The molecule has 0 radical (unpaired) electrons. The summed E-state index contributed by atoms with van der Waals surface area (Å²) >= 11 is 1.23. The number of para-hydroxylation sites is 1. The number of hydrogen-bond donors (Lipinski definition) is 2. The molecular weight excluding hydrogens is 345 g/mol. The molecular formula is C17H20FN3O3S. The molecule has 1 heterocycles. The molecule has 25 heavy (non-hydrogen) atoms. The smallest absolute Gasteiger partial charge is 0.251 e.